The third-order valence-corrected chi connectivity index (χ3v) is 3.78. The average molecular weight is 327 g/mol. The van der Waals surface area contributed by atoms with Gasteiger partial charge in [-0.05, 0) is 44.0 Å². The number of likely N-dealkylation sites (N-methyl/N-ethyl adjacent to an activating group) is 1. The summed E-state index contributed by atoms with van der Waals surface area (Å²) in [6.45, 7) is 6.52. The van der Waals surface area contributed by atoms with Gasteiger partial charge in [0, 0.05) is 24.7 Å². The van der Waals surface area contributed by atoms with Crippen LogP contribution in [0.2, 0.25) is 0 Å². The van der Waals surface area contributed by atoms with Gasteiger partial charge in [-0.1, -0.05) is 19.9 Å². The second kappa shape index (κ2) is 9.01. The Hall–Kier alpha value is -1.26. The second-order valence-electron chi connectivity index (χ2n) is 6.11. The van der Waals surface area contributed by atoms with Crippen molar-refractivity contribution in [3.8, 4) is 5.75 Å². The molecule has 1 N–H and O–H groups in total. The summed E-state index contributed by atoms with van der Waals surface area (Å²) in [7, 11) is 1.96. The van der Waals surface area contributed by atoms with Crippen molar-refractivity contribution in [2.75, 3.05) is 26.7 Å². The summed E-state index contributed by atoms with van der Waals surface area (Å²) in [6.07, 6.45) is 2.19. The van der Waals surface area contributed by atoms with E-state index in [1.807, 2.05) is 36.2 Å². The summed E-state index contributed by atoms with van der Waals surface area (Å²) in [5.41, 5.74) is 0.716. The molecule has 0 aromatic heterocycles. The molecule has 1 aromatic carbocycles. The lowest BCUT2D eigenvalue weighted by Crippen LogP contribution is -2.46. The second-order valence-corrected chi connectivity index (χ2v) is 6.11. The van der Waals surface area contributed by atoms with E-state index in [0.717, 1.165) is 31.7 Å². The van der Waals surface area contributed by atoms with E-state index >= 15 is 0 Å². The van der Waals surface area contributed by atoms with Crippen LogP contribution in [-0.4, -0.2) is 43.6 Å². The van der Waals surface area contributed by atoms with Crippen molar-refractivity contribution in [2.45, 2.75) is 32.7 Å². The van der Waals surface area contributed by atoms with Gasteiger partial charge in [0.1, 0.15) is 5.75 Å². The number of hydrogen-bond acceptors (Lipinski definition) is 3. The first-order valence-electron chi connectivity index (χ1n) is 7.79. The number of hydrogen-bond donors (Lipinski definition) is 1. The highest BCUT2D eigenvalue weighted by molar-refractivity contribution is 5.94. The highest BCUT2D eigenvalue weighted by Crippen LogP contribution is 2.18. The molecule has 1 fully saturated rings. The first-order chi connectivity index (χ1) is 10.1. The van der Waals surface area contributed by atoms with E-state index < -0.39 is 0 Å². The zero-order valence-electron chi connectivity index (χ0n) is 13.7. The van der Waals surface area contributed by atoms with E-state index in [4.69, 9.17) is 4.74 Å². The molecule has 1 amide bonds. The third-order valence-electron chi connectivity index (χ3n) is 3.78. The van der Waals surface area contributed by atoms with Crippen molar-refractivity contribution >= 4 is 18.3 Å². The van der Waals surface area contributed by atoms with Gasteiger partial charge < -0.3 is 15.0 Å². The number of piperidine rings is 1. The lowest BCUT2D eigenvalue weighted by atomic mass is 10.0. The summed E-state index contributed by atoms with van der Waals surface area (Å²) >= 11 is 0. The van der Waals surface area contributed by atoms with Gasteiger partial charge in [-0.2, -0.15) is 0 Å². The van der Waals surface area contributed by atoms with Gasteiger partial charge in [-0.15, -0.1) is 12.4 Å². The maximum Gasteiger partial charge on any atom is 0.254 e. The molecule has 0 saturated carbocycles. The van der Waals surface area contributed by atoms with Gasteiger partial charge in [-0.25, -0.2) is 0 Å². The number of amides is 1. The Morgan fingerprint density at radius 1 is 1.45 bits per heavy atom. The molecule has 1 aromatic rings. The van der Waals surface area contributed by atoms with Crippen LogP contribution in [0.4, 0.5) is 0 Å². The summed E-state index contributed by atoms with van der Waals surface area (Å²) < 4.78 is 5.70. The van der Waals surface area contributed by atoms with E-state index in [9.17, 15) is 4.79 Å². The molecule has 5 heteroatoms. The number of rotatable bonds is 5. The molecule has 1 aliphatic heterocycles. The van der Waals surface area contributed by atoms with Crippen LogP contribution in [0.15, 0.2) is 24.3 Å². The van der Waals surface area contributed by atoms with E-state index in [1.165, 1.54) is 0 Å². The van der Waals surface area contributed by atoms with Gasteiger partial charge in [0.25, 0.3) is 5.91 Å². The maximum atomic E-state index is 12.6. The Kier molecular flexibility index (Phi) is 7.69. The predicted molar refractivity (Wildman–Crippen MR) is 92.0 cm³/mol. The smallest absolute Gasteiger partial charge is 0.254 e. The van der Waals surface area contributed by atoms with E-state index in [0.29, 0.717) is 24.1 Å². The molecular weight excluding hydrogens is 300 g/mol. The first kappa shape index (κ1) is 18.8. The van der Waals surface area contributed by atoms with Crippen LogP contribution in [0.3, 0.4) is 0 Å². The molecule has 0 aliphatic carbocycles. The quantitative estimate of drug-likeness (QED) is 0.904. The van der Waals surface area contributed by atoms with E-state index in [1.54, 1.807) is 0 Å². The van der Waals surface area contributed by atoms with Gasteiger partial charge in [0.2, 0.25) is 0 Å². The molecule has 124 valence electrons. The molecule has 0 bridgehead atoms. The molecule has 0 spiro atoms. The van der Waals surface area contributed by atoms with Crippen molar-refractivity contribution in [3.05, 3.63) is 29.8 Å². The topological polar surface area (TPSA) is 41.6 Å². The molecule has 0 radical (unpaired) electrons. The fourth-order valence-corrected chi connectivity index (χ4v) is 2.56. The third kappa shape index (κ3) is 5.18. The van der Waals surface area contributed by atoms with Crippen LogP contribution in [-0.2, 0) is 0 Å². The Labute approximate surface area is 139 Å². The van der Waals surface area contributed by atoms with Crippen LogP contribution in [0.5, 0.6) is 5.75 Å². The van der Waals surface area contributed by atoms with Crippen molar-refractivity contribution in [2.24, 2.45) is 5.92 Å². The van der Waals surface area contributed by atoms with Crippen molar-refractivity contribution in [1.82, 2.24) is 10.2 Å². The summed E-state index contributed by atoms with van der Waals surface area (Å²) in [5, 5.41) is 3.27. The average Bonchev–Trinajstić information content (AvgIpc) is 2.52. The van der Waals surface area contributed by atoms with Crippen LogP contribution in [0.1, 0.15) is 37.0 Å². The normalized spacial score (nSPS) is 18.0. The molecule has 4 nitrogen and oxygen atoms in total. The molecule has 1 unspecified atom stereocenters. The highest BCUT2D eigenvalue weighted by atomic mass is 35.5. The Balaban J connectivity index is 0.00000242. The van der Waals surface area contributed by atoms with Crippen molar-refractivity contribution < 1.29 is 9.53 Å². The lowest BCUT2D eigenvalue weighted by molar-refractivity contribution is 0.0697. The minimum Gasteiger partial charge on any atom is -0.493 e. The number of nitrogens with zero attached hydrogens (tertiary/aromatic N) is 1. The summed E-state index contributed by atoms with van der Waals surface area (Å²) in [6, 6.07) is 7.93. The number of ether oxygens (including phenoxy) is 1. The summed E-state index contributed by atoms with van der Waals surface area (Å²) in [4.78, 5) is 14.5. The Morgan fingerprint density at radius 2 is 2.23 bits per heavy atom. The highest BCUT2D eigenvalue weighted by Gasteiger charge is 2.23. The van der Waals surface area contributed by atoms with Crippen LogP contribution < -0.4 is 10.1 Å². The molecule has 1 aliphatic rings. The van der Waals surface area contributed by atoms with Crippen LogP contribution in [0, 0.1) is 5.92 Å². The molecule has 2 rings (SSSR count). The monoisotopic (exact) mass is 326 g/mol. The SMILES string of the molecule is CNC1CCCN(C(=O)c2cccc(OCC(C)C)c2)C1.Cl. The first-order valence-corrected chi connectivity index (χ1v) is 7.79. The number of carbonyl (C=O) groups is 1. The van der Waals surface area contributed by atoms with E-state index in [2.05, 4.69) is 19.2 Å². The fourth-order valence-electron chi connectivity index (χ4n) is 2.56. The Bertz CT molecular complexity index is 479. The standard InChI is InChI=1S/C17H26N2O2.ClH/c1-13(2)12-21-16-8-4-6-14(10-16)17(20)19-9-5-7-15(11-19)18-3;/h4,6,8,10,13,15,18H,5,7,9,11-12H2,1-3H3;1H. The predicted octanol–water partition coefficient (Wildman–Crippen LogP) is 2.97. The molecule has 1 saturated heterocycles. The lowest BCUT2D eigenvalue weighted by Gasteiger charge is -2.32. The fraction of sp³-hybridized carbons (Fsp3) is 0.588. The zero-order chi connectivity index (χ0) is 15.2. The van der Waals surface area contributed by atoms with E-state index in [-0.39, 0.29) is 18.3 Å². The van der Waals surface area contributed by atoms with Crippen LogP contribution >= 0.6 is 12.4 Å². The number of benzene rings is 1. The number of likely N-dealkylation sites (tertiary alicyclic amines) is 1. The summed E-state index contributed by atoms with van der Waals surface area (Å²) in [5.74, 6) is 1.35. The van der Waals surface area contributed by atoms with Crippen molar-refractivity contribution in [3.63, 3.8) is 0 Å². The van der Waals surface area contributed by atoms with Crippen LogP contribution in [0.25, 0.3) is 0 Å². The minimum absolute atomic E-state index is 0. The van der Waals surface area contributed by atoms with Gasteiger partial charge in [0.05, 0.1) is 6.61 Å². The maximum absolute atomic E-state index is 12.6. The molecule has 1 atom stereocenters. The van der Waals surface area contributed by atoms with Gasteiger partial charge in [0.15, 0.2) is 0 Å². The van der Waals surface area contributed by atoms with Crippen molar-refractivity contribution in [1.29, 1.82) is 0 Å². The molecule has 22 heavy (non-hydrogen) atoms. The number of halogens is 1. The molecular formula is C17H27ClN2O2. The van der Waals surface area contributed by atoms with Gasteiger partial charge >= 0.3 is 0 Å². The number of nitrogens with one attached hydrogen (secondary N) is 1. The largest absolute Gasteiger partial charge is 0.493 e. The molecule has 1 heterocycles. The number of carbonyl (C=O) groups excluding carboxylic acids is 1. The zero-order valence-corrected chi connectivity index (χ0v) is 14.5. The Morgan fingerprint density at radius 3 is 2.91 bits per heavy atom. The minimum atomic E-state index is 0. The van der Waals surface area contributed by atoms with Gasteiger partial charge in [-0.3, -0.25) is 4.79 Å².